The van der Waals surface area contributed by atoms with Gasteiger partial charge < -0.3 is 5.32 Å². The molecule has 5 rings (SSSR count). The second kappa shape index (κ2) is 8.74. The van der Waals surface area contributed by atoms with Crippen LogP contribution in [0.2, 0.25) is 0 Å². The van der Waals surface area contributed by atoms with Crippen molar-refractivity contribution in [2.45, 2.75) is 51.2 Å². The molecule has 4 aromatic rings. The van der Waals surface area contributed by atoms with Gasteiger partial charge in [0.1, 0.15) is 0 Å². The number of hydrogen-bond acceptors (Lipinski definition) is 5. The predicted octanol–water partition coefficient (Wildman–Crippen LogP) is 3.96. The van der Waals surface area contributed by atoms with Crippen molar-refractivity contribution >= 4 is 22.4 Å². The van der Waals surface area contributed by atoms with E-state index in [1.165, 1.54) is 37.7 Å². The Kier molecular flexibility index (Phi) is 5.66. The van der Waals surface area contributed by atoms with E-state index in [0.717, 1.165) is 23.6 Å². The molecular formula is C25H30N6O. The Morgan fingerprint density at radius 2 is 1.78 bits per heavy atom. The zero-order valence-electron chi connectivity index (χ0n) is 18.8. The molecule has 1 saturated carbocycles. The van der Waals surface area contributed by atoms with Crippen LogP contribution in [-0.4, -0.2) is 37.2 Å². The number of aryl methyl sites for hydroxylation is 1. The fraction of sp³-hybridized carbons (Fsp3) is 0.400. The van der Waals surface area contributed by atoms with Crippen molar-refractivity contribution in [2.75, 3.05) is 12.4 Å². The summed E-state index contributed by atoms with van der Waals surface area (Å²) >= 11 is 0. The van der Waals surface area contributed by atoms with E-state index in [1.807, 2.05) is 28.7 Å². The first-order valence-electron chi connectivity index (χ1n) is 11.5. The average Bonchev–Trinajstić information content (AvgIpc) is 3.27. The van der Waals surface area contributed by atoms with Gasteiger partial charge in [-0.2, -0.15) is 0 Å². The number of hydrogen-bond donors (Lipinski definition) is 1. The minimum atomic E-state index is -0.0592. The molecule has 1 fully saturated rings. The van der Waals surface area contributed by atoms with Crippen LogP contribution in [0.5, 0.6) is 0 Å². The molecule has 0 amide bonds. The number of rotatable bonds is 6. The highest BCUT2D eigenvalue weighted by Crippen LogP contribution is 2.25. The first-order chi connectivity index (χ1) is 15.6. The highest BCUT2D eigenvalue weighted by Gasteiger charge is 2.19. The van der Waals surface area contributed by atoms with E-state index in [2.05, 4.69) is 51.7 Å². The zero-order chi connectivity index (χ0) is 22.1. The Morgan fingerprint density at radius 1 is 1.03 bits per heavy atom. The van der Waals surface area contributed by atoms with Crippen molar-refractivity contribution in [1.82, 2.24) is 24.1 Å². The van der Waals surface area contributed by atoms with Gasteiger partial charge in [-0.15, -0.1) is 10.2 Å². The third kappa shape index (κ3) is 3.77. The molecule has 1 aliphatic carbocycles. The summed E-state index contributed by atoms with van der Waals surface area (Å²) in [6, 6.07) is 16.8. The Labute approximate surface area is 187 Å². The first kappa shape index (κ1) is 20.7. The molecule has 2 aromatic carbocycles. The van der Waals surface area contributed by atoms with Gasteiger partial charge in [-0.25, -0.2) is 0 Å². The van der Waals surface area contributed by atoms with Gasteiger partial charge in [0.2, 0.25) is 5.78 Å². The molecule has 7 heteroatoms. The number of para-hydroxylation sites is 2. The topological polar surface area (TPSA) is 67.5 Å². The number of anilines is 1. The zero-order valence-corrected chi connectivity index (χ0v) is 18.8. The lowest BCUT2D eigenvalue weighted by molar-refractivity contribution is 0.185. The third-order valence-corrected chi connectivity index (χ3v) is 6.77. The molecule has 2 aromatic heterocycles. The van der Waals surface area contributed by atoms with Gasteiger partial charge in [0.15, 0.2) is 5.82 Å². The highest BCUT2D eigenvalue weighted by molar-refractivity contribution is 5.80. The second-order valence-electron chi connectivity index (χ2n) is 8.85. The van der Waals surface area contributed by atoms with Crippen LogP contribution in [0.25, 0.3) is 16.7 Å². The fourth-order valence-electron chi connectivity index (χ4n) is 4.93. The molecule has 0 saturated heterocycles. The minimum Gasteiger partial charge on any atom is -0.377 e. The maximum absolute atomic E-state index is 12.7. The summed E-state index contributed by atoms with van der Waals surface area (Å²) in [6.07, 6.45) is 6.64. The van der Waals surface area contributed by atoms with E-state index < -0.39 is 0 Å². The monoisotopic (exact) mass is 430 g/mol. The Morgan fingerprint density at radius 3 is 2.62 bits per heavy atom. The number of fused-ring (bicyclic) bond motifs is 3. The number of aromatic nitrogens is 4. The molecule has 0 spiro atoms. The Hall–Kier alpha value is -3.19. The number of benzene rings is 2. The quantitative estimate of drug-likeness (QED) is 0.502. The molecule has 0 radical (unpaired) electrons. The molecule has 0 atom stereocenters. The van der Waals surface area contributed by atoms with Gasteiger partial charge in [0, 0.05) is 25.3 Å². The lowest BCUT2D eigenvalue weighted by atomic mass is 9.94. The summed E-state index contributed by atoms with van der Waals surface area (Å²) in [4.78, 5) is 15.2. The van der Waals surface area contributed by atoms with Gasteiger partial charge in [-0.05, 0) is 43.7 Å². The van der Waals surface area contributed by atoms with Crippen LogP contribution < -0.4 is 10.9 Å². The molecule has 0 bridgehead atoms. The van der Waals surface area contributed by atoms with E-state index in [0.29, 0.717) is 23.8 Å². The molecule has 0 unspecified atom stereocenters. The normalized spacial score (nSPS) is 15.1. The van der Waals surface area contributed by atoms with E-state index in [4.69, 9.17) is 0 Å². The highest BCUT2D eigenvalue weighted by atomic mass is 16.1. The van der Waals surface area contributed by atoms with Gasteiger partial charge in [0.25, 0.3) is 5.56 Å². The van der Waals surface area contributed by atoms with Gasteiger partial charge in [-0.1, -0.05) is 49.6 Å². The summed E-state index contributed by atoms with van der Waals surface area (Å²) in [6.45, 7) is 1.44. The molecule has 166 valence electrons. The number of nitrogens with zero attached hydrogens (tertiary/aromatic N) is 5. The summed E-state index contributed by atoms with van der Waals surface area (Å²) in [5.74, 6) is 1.33. The SMILES string of the molecule is CN(Cc1ccccc1NCc1nnc2n(C)c(=O)c3ccccc3n12)C1CCCCC1. The molecule has 1 aliphatic rings. The summed E-state index contributed by atoms with van der Waals surface area (Å²) < 4.78 is 3.53. The van der Waals surface area contributed by atoms with Crippen molar-refractivity contribution in [3.63, 3.8) is 0 Å². The van der Waals surface area contributed by atoms with Gasteiger partial charge >= 0.3 is 0 Å². The van der Waals surface area contributed by atoms with Crippen molar-refractivity contribution in [3.8, 4) is 0 Å². The van der Waals surface area contributed by atoms with Gasteiger partial charge in [0.05, 0.1) is 17.4 Å². The fourth-order valence-corrected chi connectivity index (χ4v) is 4.93. The van der Waals surface area contributed by atoms with E-state index in [1.54, 1.807) is 11.6 Å². The third-order valence-electron chi connectivity index (χ3n) is 6.77. The molecule has 7 nitrogen and oxygen atoms in total. The largest absolute Gasteiger partial charge is 0.377 e. The predicted molar refractivity (Wildman–Crippen MR) is 128 cm³/mol. The summed E-state index contributed by atoms with van der Waals surface area (Å²) in [5.41, 5.74) is 3.17. The lowest BCUT2D eigenvalue weighted by Gasteiger charge is -2.31. The van der Waals surface area contributed by atoms with Crippen molar-refractivity contribution in [1.29, 1.82) is 0 Å². The summed E-state index contributed by atoms with van der Waals surface area (Å²) in [5, 5.41) is 13.0. The van der Waals surface area contributed by atoms with E-state index in [9.17, 15) is 4.79 Å². The minimum absolute atomic E-state index is 0.0592. The van der Waals surface area contributed by atoms with Crippen LogP contribution in [-0.2, 0) is 20.1 Å². The maximum Gasteiger partial charge on any atom is 0.262 e. The molecule has 32 heavy (non-hydrogen) atoms. The molecule has 1 N–H and O–H groups in total. The smallest absolute Gasteiger partial charge is 0.262 e. The van der Waals surface area contributed by atoms with E-state index in [-0.39, 0.29) is 5.56 Å². The number of nitrogens with one attached hydrogen (secondary N) is 1. The van der Waals surface area contributed by atoms with Crippen molar-refractivity contribution < 1.29 is 0 Å². The summed E-state index contributed by atoms with van der Waals surface area (Å²) in [7, 11) is 3.98. The van der Waals surface area contributed by atoms with Crippen molar-refractivity contribution in [2.24, 2.45) is 7.05 Å². The van der Waals surface area contributed by atoms with Gasteiger partial charge in [-0.3, -0.25) is 18.7 Å². The Balaban J connectivity index is 1.42. The maximum atomic E-state index is 12.7. The van der Waals surface area contributed by atoms with Crippen LogP contribution in [0.1, 0.15) is 43.5 Å². The lowest BCUT2D eigenvalue weighted by Crippen LogP contribution is -2.33. The van der Waals surface area contributed by atoms with Crippen LogP contribution in [0.15, 0.2) is 53.3 Å². The van der Waals surface area contributed by atoms with Crippen LogP contribution in [0.4, 0.5) is 5.69 Å². The standard InChI is InChI=1S/C25H30N6O/c1-29(19-11-4-3-5-12-19)17-18-10-6-8-14-21(18)26-16-23-27-28-25-30(2)24(32)20-13-7-9-15-22(20)31(23)25/h6-10,13-15,19,26H,3-5,11-12,16-17H2,1-2H3. The second-order valence-corrected chi connectivity index (χ2v) is 8.85. The molecule has 2 heterocycles. The molecular weight excluding hydrogens is 400 g/mol. The van der Waals surface area contributed by atoms with Crippen LogP contribution in [0.3, 0.4) is 0 Å². The van der Waals surface area contributed by atoms with E-state index >= 15 is 0 Å². The molecule has 0 aliphatic heterocycles. The van der Waals surface area contributed by atoms with Crippen molar-refractivity contribution in [3.05, 3.63) is 70.3 Å². The van der Waals surface area contributed by atoms with Crippen LogP contribution in [0, 0.1) is 0 Å². The van der Waals surface area contributed by atoms with Crippen LogP contribution >= 0.6 is 0 Å². The Bertz CT molecular complexity index is 1300. The average molecular weight is 431 g/mol. The first-order valence-corrected chi connectivity index (χ1v) is 11.5.